The molecule has 4 aromatic carbocycles. The van der Waals surface area contributed by atoms with Gasteiger partial charge in [-0.2, -0.15) is 0 Å². The largest absolute Gasteiger partial charge is 0.457 e. The minimum atomic E-state index is 0.444. The summed E-state index contributed by atoms with van der Waals surface area (Å²) in [7, 11) is 3.93. The Hall–Kier alpha value is -7.74. The van der Waals surface area contributed by atoms with E-state index in [4.69, 9.17) is 9.47 Å². The van der Waals surface area contributed by atoms with Crippen molar-refractivity contribution in [3.05, 3.63) is 135 Å². The number of imidazole rings is 2. The highest BCUT2D eigenvalue weighted by Crippen LogP contribution is 2.42. The predicted molar refractivity (Wildman–Crippen MR) is 202 cm³/mol. The van der Waals surface area contributed by atoms with Gasteiger partial charge in [-0.25, -0.2) is 39.9 Å². The molecule has 0 aliphatic carbocycles. The Labute approximate surface area is 306 Å². The summed E-state index contributed by atoms with van der Waals surface area (Å²) in [5, 5.41) is 1.81. The van der Waals surface area contributed by atoms with Crippen molar-refractivity contribution in [3.63, 3.8) is 0 Å². The van der Waals surface area contributed by atoms with Crippen molar-refractivity contribution in [1.29, 1.82) is 0 Å². The van der Waals surface area contributed by atoms with Gasteiger partial charge in [0.25, 0.3) is 0 Å². The van der Waals surface area contributed by atoms with Crippen LogP contribution in [0.4, 0.5) is 0 Å². The van der Waals surface area contributed by atoms with Gasteiger partial charge >= 0.3 is 0 Å². The van der Waals surface area contributed by atoms with E-state index in [9.17, 15) is 0 Å². The van der Waals surface area contributed by atoms with Crippen LogP contribution in [0.2, 0.25) is 0 Å². The quantitative estimate of drug-likeness (QED) is 0.156. The average Bonchev–Trinajstić information content (AvgIpc) is 3.98. The number of fused-ring (bicyclic) bond motifs is 5. The first-order valence-electron chi connectivity index (χ1n) is 17.0. The van der Waals surface area contributed by atoms with E-state index >= 15 is 0 Å². The van der Waals surface area contributed by atoms with E-state index < -0.39 is 0 Å². The molecule has 0 fully saturated rings. The third-order valence-electron chi connectivity index (χ3n) is 9.26. The van der Waals surface area contributed by atoms with Crippen molar-refractivity contribution in [3.8, 4) is 57.7 Å². The summed E-state index contributed by atoms with van der Waals surface area (Å²) in [5.41, 5.74) is 5.23. The number of rotatable bonds is 8. The first-order chi connectivity index (χ1) is 26.6. The lowest BCUT2D eigenvalue weighted by atomic mass is 10.2. The molecule has 14 nitrogen and oxygen atoms in total. The van der Waals surface area contributed by atoms with Crippen LogP contribution < -0.4 is 9.47 Å². The minimum Gasteiger partial charge on any atom is -0.457 e. The molecule has 0 aliphatic heterocycles. The first kappa shape index (κ1) is 31.0. The summed E-state index contributed by atoms with van der Waals surface area (Å²) in [5.74, 6) is 5.20. The Bertz CT molecular complexity index is 2780. The van der Waals surface area contributed by atoms with Crippen LogP contribution in [0, 0.1) is 0 Å². The van der Waals surface area contributed by atoms with Crippen LogP contribution in [-0.2, 0) is 14.1 Å². The Morgan fingerprint density at radius 1 is 0.463 bits per heavy atom. The second kappa shape index (κ2) is 12.5. The van der Waals surface area contributed by atoms with Gasteiger partial charge < -0.3 is 18.6 Å². The molecule has 10 aromatic rings. The Morgan fingerprint density at radius 3 is 1.30 bits per heavy atom. The number of aromatic nitrogens is 12. The lowest BCUT2D eigenvalue weighted by Crippen LogP contribution is -2.01. The van der Waals surface area contributed by atoms with E-state index in [1.807, 2.05) is 130 Å². The molecule has 6 heterocycles. The summed E-state index contributed by atoms with van der Waals surface area (Å²) in [6.07, 6.45) is 13.3. The molecule has 54 heavy (non-hydrogen) atoms. The maximum Gasteiger partial charge on any atom is 0.237 e. The standard InChI is InChI=1S/C40H28N12O2/c1-49-15-13-43-37(49)25-5-3-7-27(17-25)53-29-9-11-31-33(19-29)51(39-45-21-41-22-46-39)36-32-12-10-30(20-34(32)52(35(31)36)40-47-23-42-24-48-40)54-28-8-4-6-26(18-28)38-44-14-16-50(38)2/h3-24H,1-2H3. The average molecular weight is 709 g/mol. The molecule has 0 saturated carbocycles. The van der Waals surface area contributed by atoms with E-state index in [-0.39, 0.29) is 0 Å². The number of nitrogens with zero attached hydrogens (tertiary/aromatic N) is 12. The topological polar surface area (TPSA) is 141 Å². The second-order valence-corrected chi connectivity index (χ2v) is 12.6. The zero-order valence-electron chi connectivity index (χ0n) is 28.9. The van der Waals surface area contributed by atoms with Crippen LogP contribution in [-0.4, -0.2) is 58.1 Å². The van der Waals surface area contributed by atoms with Crippen LogP contribution in [0.1, 0.15) is 0 Å². The highest BCUT2D eigenvalue weighted by Gasteiger charge is 2.25. The van der Waals surface area contributed by atoms with Crippen LogP contribution >= 0.6 is 0 Å². The SMILES string of the molecule is Cn1ccnc1-c1cccc(Oc2ccc3c(c2)n(-c2ncncn2)c2c4ccc(Oc5cccc(-c6nccn6C)c5)cc4n(-c4ncncn4)c32)c1. The summed E-state index contributed by atoms with van der Waals surface area (Å²) >= 11 is 0. The van der Waals surface area contributed by atoms with Gasteiger partial charge in [0.15, 0.2) is 0 Å². The number of hydrogen-bond donors (Lipinski definition) is 0. The summed E-state index contributed by atoms with van der Waals surface area (Å²) in [6.45, 7) is 0. The highest BCUT2D eigenvalue weighted by molar-refractivity contribution is 6.20. The lowest BCUT2D eigenvalue weighted by molar-refractivity contribution is 0.483. The van der Waals surface area contributed by atoms with Crippen LogP contribution in [0.25, 0.3) is 67.5 Å². The summed E-state index contributed by atoms with van der Waals surface area (Å²) in [4.78, 5) is 35.5. The molecule has 260 valence electrons. The van der Waals surface area contributed by atoms with Crippen LogP contribution in [0.5, 0.6) is 23.0 Å². The predicted octanol–water partition coefficient (Wildman–Crippen LogP) is 7.48. The van der Waals surface area contributed by atoms with Crippen molar-refractivity contribution in [2.24, 2.45) is 14.1 Å². The molecular formula is C40H28N12O2. The zero-order chi connectivity index (χ0) is 36.2. The van der Waals surface area contributed by atoms with E-state index in [1.165, 1.54) is 25.3 Å². The molecule has 0 saturated heterocycles. The fourth-order valence-corrected chi connectivity index (χ4v) is 6.94. The monoisotopic (exact) mass is 708 g/mol. The highest BCUT2D eigenvalue weighted by atomic mass is 16.5. The molecule has 14 heteroatoms. The van der Waals surface area contributed by atoms with Crippen molar-refractivity contribution < 1.29 is 9.47 Å². The van der Waals surface area contributed by atoms with Gasteiger partial charge in [-0.3, -0.25) is 9.13 Å². The van der Waals surface area contributed by atoms with Gasteiger partial charge in [0.05, 0.1) is 22.1 Å². The van der Waals surface area contributed by atoms with E-state index in [0.717, 1.165) is 55.6 Å². The van der Waals surface area contributed by atoms with Crippen molar-refractivity contribution in [2.75, 3.05) is 0 Å². The van der Waals surface area contributed by atoms with Gasteiger partial charge in [0.1, 0.15) is 60.0 Å². The molecule has 0 spiro atoms. The summed E-state index contributed by atoms with van der Waals surface area (Å²) in [6, 6.07) is 27.7. The molecular weight excluding hydrogens is 681 g/mol. The number of aryl methyl sites for hydroxylation is 2. The molecule has 0 aliphatic rings. The van der Waals surface area contributed by atoms with Crippen LogP contribution in [0.15, 0.2) is 135 Å². The smallest absolute Gasteiger partial charge is 0.237 e. The van der Waals surface area contributed by atoms with E-state index in [2.05, 4.69) is 39.9 Å². The van der Waals surface area contributed by atoms with Crippen molar-refractivity contribution in [1.82, 2.24) is 58.1 Å². The first-order valence-corrected chi connectivity index (χ1v) is 17.0. The fourth-order valence-electron chi connectivity index (χ4n) is 6.94. The number of ether oxygens (including phenoxy) is 2. The van der Waals surface area contributed by atoms with Crippen molar-refractivity contribution in [2.45, 2.75) is 0 Å². The van der Waals surface area contributed by atoms with Gasteiger partial charge in [0, 0.05) is 72.9 Å². The molecule has 6 aromatic heterocycles. The van der Waals surface area contributed by atoms with Crippen molar-refractivity contribution >= 4 is 32.8 Å². The Kier molecular flexibility index (Phi) is 7.18. The van der Waals surface area contributed by atoms with E-state index in [1.54, 1.807) is 12.4 Å². The summed E-state index contributed by atoms with van der Waals surface area (Å²) < 4.78 is 20.9. The minimum absolute atomic E-state index is 0.444. The molecule has 10 rings (SSSR count). The Balaban J connectivity index is 1.15. The Morgan fingerprint density at radius 2 is 0.889 bits per heavy atom. The normalized spacial score (nSPS) is 11.5. The van der Waals surface area contributed by atoms with Gasteiger partial charge in [-0.15, -0.1) is 0 Å². The molecule has 0 atom stereocenters. The lowest BCUT2D eigenvalue weighted by Gasteiger charge is -2.11. The third-order valence-corrected chi connectivity index (χ3v) is 9.26. The number of hydrogen-bond acceptors (Lipinski definition) is 10. The third kappa shape index (κ3) is 5.20. The second-order valence-electron chi connectivity index (χ2n) is 12.6. The molecule has 0 bridgehead atoms. The molecule has 0 unspecified atom stereocenters. The van der Waals surface area contributed by atoms with Crippen LogP contribution in [0.3, 0.4) is 0 Å². The van der Waals surface area contributed by atoms with Gasteiger partial charge in [-0.05, 0) is 48.5 Å². The molecule has 0 N–H and O–H groups in total. The zero-order valence-corrected chi connectivity index (χ0v) is 28.9. The maximum absolute atomic E-state index is 6.48. The molecule has 0 radical (unpaired) electrons. The fraction of sp³-hybridized carbons (Fsp3) is 0.0500. The van der Waals surface area contributed by atoms with Gasteiger partial charge in [-0.1, -0.05) is 24.3 Å². The maximum atomic E-state index is 6.48. The molecule has 0 amide bonds. The van der Waals surface area contributed by atoms with E-state index in [0.29, 0.717) is 34.9 Å². The van der Waals surface area contributed by atoms with Gasteiger partial charge in [0.2, 0.25) is 11.9 Å². The number of benzene rings is 4.